The minimum absolute atomic E-state index is 0.0197. The van der Waals surface area contributed by atoms with Gasteiger partial charge in [0.1, 0.15) is 0 Å². The molecule has 20 heavy (non-hydrogen) atoms. The Kier molecular flexibility index (Phi) is 5.75. The number of aliphatic carboxylic acids is 1. The highest BCUT2D eigenvalue weighted by Crippen LogP contribution is 2.13. The zero-order valence-electron chi connectivity index (χ0n) is 11.6. The highest BCUT2D eigenvalue weighted by molar-refractivity contribution is 5.78. The third kappa shape index (κ3) is 4.43. The maximum absolute atomic E-state index is 12.2. The zero-order chi connectivity index (χ0) is 14.4. The van der Waals surface area contributed by atoms with Crippen molar-refractivity contribution in [3.8, 4) is 0 Å². The Morgan fingerprint density at radius 1 is 1.20 bits per heavy atom. The number of carboxylic acids is 1. The van der Waals surface area contributed by atoms with Gasteiger partial charge in [0, 0.05) is 26.1 Å². The van der Waals surface area contributed by atoms with E-state index in [1.165, 1.54) is 0 Å². The number of amides is 1. The molecule has 1 amide bonds. The van der Waals surface area contributed by atoms with E-state index in [9.17, 15) is 9.59 Å². The molecule has 0 spiro atoms. The Balaban J connectivity index is 1.80. The smallest absolute Gasteiger partial charge is 0.305 e. The van der Waals surface area contributed by atoms with Gasteiger partial charge >= 0.3 is 5.97 Å². The van der Waals surface area contributed by atoms with E-state index in [0.717, 1.165) is 19.4 Å². The van der Waals surface area contributed by atoms with E-state index in [0.29, 0.717) is 39.3 Å². The van der Waals surface area contributed by atoms with E-state index in [1.54, 1.807) is 4.90 Å². The van der Waals surface area contributed by atoms with Gasteiger partial charge in [0.2, 0.25) is 5.91 Å². The molecule has 2 rings (SSSR count). The molecule has 2 aliphatic heterocycles. The summed E-state index contributed by atoms with van der Waals surface area (Å²) in [5.41, 5.74) is 0. The first-order valence-corrected chi connectivity index (χ1v) is 7.13. The highest BCUT2D eigenvalue weighted by atomic mass is 16.7. The average Bonchev–Trinajstić information content (AvgIpc) is 2.46. The van der Waals surface area contributed by atoms with E-state index >= 15 is 0 Å². The number of hydroxylamine groups is 2. The highest BCUT2D eigenvalue weighted by Gasteiger charge is 2.29. The monoisotopic (exact) mass is 286 g/mol. The van der Waals surface area contributed by atoms with Crippen molar-refractivity contribution in [3.63, 3.8) is 0 Å². The zero-order valence-corrected chi connectivity index (χ0v) is 11.6. The van der Waals surface area contributed by atoms with Crippen LogP contribution in [-0.4, -0.2) is 72.4 Å². The van der Waals surface area contributed by atoms with Crippen molar-refractivity contribution in [1.29, 1.82) is 0 Å². The average molecular weight is 286 g/mol. The van der Waals surface area contributed by atoms with Crippen LogP contribution in [0, 0.1) is 0 Å². The van der Waals surface area contributed by atoms with Gasteiger partial charge in [-0.1, -0.05) is 0 Å². The Bertz CT molecular complexity index is 344. The normalized spacial score (nSPS) is 24.6. The van der Waals surface area contributed by atoms with Crippen molar-refractivity contribution < 1.29 is 24.3 Å². The quantitative estimate of drug-likeness (QED) is 0.772. The van der Waals surface area contributed by atoms with Crippen LogP contribution < -0.4 is 0 Å². The van der Waals surface area contributed by atoms with E-state index in [1.807, 2.05) is 5.06 Å². The molecule has 0 unspecified atom stereocenters. The van der Waals surface area contributed by atoms with Crippen molar-refractivity contribution >= 4 is 11.9 Å². The molecule has 0 aromatic carbocycles. The molecule has 0 aliphatic carbocycles. The Labute approximate surface area is 118 Å². The number of carbonyl (C=O) groups is 2. The van der Waals surface area contributed by atoms with Crippen LogP contribution in [0.4, 0.5) is 0 Å². The SMILES string of the molecule is O=C(O)C[C@H]1COCCN1C(=O)CCN1CCCCO1. The summed E-state index contributed by atoms with van der Waals surface area (Å²) in [4.78, 5) is 30.1. The molecule has 0 aromatic rings. The number of morpholine rings is 1. The third-order valence-corrected chi connectivity index (χ3v) is 3.61. The van der Waals surface area contributed by atoms with Gasteiger partial charge in [0.15, 0.2) is 0 Å². The Hall–Kier alpha value is -1.18. The lowest BCUT2D eigenvalue weighted by Crippen LogP contribution is -2.50. The van der Waals surface area contributed by atoms with Crippen LogP contribution in [0.1, 0.15) is 25.7 Å². The van der Waals surface area contributed by atoms with E-state index in [-0.39, 0.29) is 18.4 Å². The fourth-order valence-electron chi connectivity index (χ4n) is 2.54. The van der Waals surface area contributed by atoms with Crippen LogP contribution in [-0.2, 0) is 19.2 Å². The molecule has 1 N–H and O–H groups in total. The summed E-state index contributed by atoms with van der Waals surface area (Å²) < 4.78 is 5.27. The topological polar surface area (TPSA) is 79.3 Å². The maximum Gasteiger partial charge on any atom is 0.305 e. The second-order valence-electron chi connectivity index (χ2n) is 5.13. The van der Waals surface area contributed by atoms with Crippen molar-refractivity contribution in [2.75, 3.05) is 39.5 Å². The van der Waals surface area contributed by atoms with Gasteiger partial charge in [-0.25, -0.2) is 0 Å². The molecule has 7 nitrogen and oxygen atoms in total. The summed E-state index contributed by atoms with van der Waals surface area (Å²) in [5, 5.41) is 10.7. The van der Waals surface area contributed by atoms with Gasteiger partial charge in [0.25, 0.3) is 0 Å². The molecule has 1 atom stereocenters. The van der Waals surface area contributed by atoms with Gasteiger partial charge in [-0.3, -0.25) is 14.4 Å². The van der Waals surface area contributed by atoms with Gasteiger partial charge in [0.05, 0.1) is 32.3 Å². The van der Waals surface area contributed by atoms with Gasteiger partial charge in [-0.2, -0.15) is 5.06 Å². The molecular weight excluding hydrogens is 264 g/mol. The number of nitrogens with zero attached hydrogens (tertiary/aromatic N) is 2. The molecule has 2 aliphatic rings. The first-order valence-electron chi connectivity index (χ1n) is 7.13. The molecule has 2 fully saturated rings. The lowest BCUT2D eigenvalue weighted by molar-refractivity contribution is -0.183. The molecule has 2 heterocycles. The van der Waals surface area contributed by atoms with Crippen molar-refractivity contribution in [3.05, 3.63) is 0 Å². The standard InChI is InChI=1S/C13H22N2O5/c16-12(3-5-14-4-1-2-7-20-14)15-6-8-19-10-11(15)9-13(17)18/h11H,1-10H2,(H,17,18)/t11-/m0/s1. The predicted molar refractivity (Wildman–Crippen MR) is 69.9 cm³/mol. The van der Waals surface area contributed by atoms with Crippen LogP contribution in [0.3, 0.4) is 0 Å². The maximum atomic E-state index is 12.2. The van der Waals surface area contributed by atoms with Crippen molar-refractivity contribution in [2.45, 2.75) is 31.7 Å². The van der Waals surface area contributed by atoms with E-state index in [2.05, 4.69) is 0 Å². The molecule has 114 valence electrons. The van der Waals surface area contributed by atoms with Crippen LogP contribution >= 0.6 is 0 Å². The van der Waals surface area contributed by atoms with E-state index in [4.69, 9.17) is 14.7 Å². The Morgan fingerprint density at radius 3 is 2.75 bits per heavy atom. The van der Waals surface area contributed by atoms with Gasteiger partial charge in [-0.05, 0) is 12.8 Å². The fourth-order valence-corrected chi connectivity index (χ4v) is 2.54. The fraction of sp³-hybridized carbons (Fsp3) is 0.846. The second-order valence-corrected chi connectivity index (χ2v) is 5.13. The first kappa shape index (κ1) is 15.2. The van der Waals surface area contributed by atoms with Crippen LogP contribution in [0.5, 0.6) is 0 Å². The number of hydrogen-bond donors (Lipinski definition) is 1. The van der Waals surface area contributed by atoms with Crippen LogP contribution in [0.25, 0.3) is 0 Å². The number of rotatable bonds is 5. The summed E-state index contributed by atoms with van der Waals surface area (Å²) in [6.07, 6.45) is 2.45. The lowest BCUT2D eigenvalue weighted by atomic mass is 10.1. The molecule has 7 heteroatoms. The van der Waals surface area contributed by atoms with Gasteiger partial charge < -0.3 is 14.7 Å². The van der Waals surface area contributed by atoms with E-state index < -0.39 is 5.97 Å². The minimum Gasteiger partial charge on any atom is -0.481 e. The van der Waals surface area contributed by atoms with Crippen LogP contribution in [0.15, 0.2) is 0 Å². The summed E-state index contributed by atoms with van der Waals surface area (Å²) >= 11 is 0. The summed E-state index contributed by atoms with van der Waals surface area (Å²) in [5.74, 6) is -0.925. The molecule has 0 aromatic heterocycles. The van der Waals surface area contributed by atoms with Crippen molar-refractivity contribution in [2.24, 2.45) is 0 Å². The summed E-state index contributed by atoms with van der Waals surface area (Å²) in [7, 11) is 0. The van der Waals surface area contributed by atoms with Crippen LogP contribution in [0.2, 0.25) is 0 Å². The van der Waals surface area contributed by atoms with Crippen molar-refractivity contribution in [1.82, 2.24) is 9.96 Å². The third-order valence-electron chi connectivity index (χ3n) is 3.61. The summed E-state index contributed by atoms with van der Waals surface area (Å²) in [6, 6.07) is -0.351. The molecule has 0 radical (unpaired) electrons. The molecule has 0 saturated carbocycles. The summed E-state index contributed by atoms with van der Waals surface area (Å²) in [6.45, 7) is 3.39. The predicted octanol–water partition coefficient (Wildman–Crippen LogP) is 0.106. The number of carbonyl (C=O) groups excluding carboxylic acids is 1. The number of hydrogen-bond acceptors (Lipinski definition) is 5. The lowest BCUT2D eigenvalue weighted by Gasteiger charge is -2.35. The number of ether oxygens (including phenoxy) is 1. The second kappa shape index (κ2) is 7.56. The number of carboxylic acid groups (broad SMARTS) is 1. The Morgan fingerprint density at radius 2 is 2.05 bits per heavy atom. The molecule has 0 bridgehead atoms. The molecule has 2 saturated heterocycles. The van der Waals surface area contributed by atoms with Gasteiger partial charge in [-0.15, -0.1) is 0 Å². The minimum atomic E-state index is -0.905. The molecular formula is C13H22N2O5. The largest absolute Gasteiger partial charge is 0.481 e. The first-order chi connectivity index (χ1) is 9.66.